The van der Waals surface area contributed by atoms with E-state index in [-0.39, 0.29) is 5.56 Å². The fourth-order valence-corrected chi connectivity index (χ4v) is 3.33. The van der Waals surface area contributed by atoms with Crippen LogP contribution in [0.25, 0.3) is 10.9 Å². The van der Waals surface area contributed by atoms with Crippen molar-refractivity contribution in [2.75, 3.05) is 0 Å². The van der Waals surface area contributed by atoms with Gasteiger partial charge in [-0.15, -0.1) is 0 Å². The molecule has 1 atom stereocenters. The highest BCUT2D eigenvalue weighted by atomic mass is 79.9. The summed E-state index contributed by atoms with van der Waals surface area (Å²) in [4.78, 5) is 28.8. The molecule has 0 fully saturated rings. The van der Waals surface area contributed by atoms with Crippen LogP contribution >= 0.6 is 27.5 Å². The van der Waals surface area contributed by atoms with E-state index >= 15 is 0 Å². The van der Waals surface area contributed by atoms with E-state index in [4.69, 9.17) is 21.4 Å². The van der Waals surface area contributed by atoms with Gasteiger partial charge < -0.3 is 9.84 Å². The fourth-order valence-electron chi connectivity index (χ4n) is 2.79. The summed E-state index contributed by atoms with van der Waals surface area (Å²) < 4.78 is 7.50. The normalized spacial score (nSPS) is 12.4. The summed E-state index contributed by atoms with van der Waals surface area (Å²) in [5.41, 5.74) is 0.740. The van der Waals surface area contributed by atoms with Crippen LogP contribution in [0.3, 0.4) is 0 Å². The Morgan fingerprint density at radius 1 is 1.37 bits per heavy atom. The van der Waals surface area contributed by atoms with Crippen molar-refractivity contribution in [1.29, 1.82) is 0 Å². The molecule has 0 bridgehead atoms. The summed E-state index contributed by atoms with van der Waals surface area (Å²) in [6.45, 7) is 3.41. The van der Waals surface area contributed by atoms with Crippen LogP contribution < -0.4 is 10.3 Å². The van der Waals surface area contributed by atoms with Gasteiger partial charge in [-0.05, 0) is 49.7 Å². The molecule has 0 saturated heterocycles. The Balaban J connectivity index is 2.10. The molecule has 1 N–H and O–H groups in total. The van der Waals surface area contributed by atoms with E-state index in [1.54, 1.807) is 30.3 Å². The molecule has 2 aromatic carbocycles. The van der Waals surface area contributed by atoms with Crippen molar-refractivity contribution >= 4 is 50.6 Å². The van der Waals surface area contributed by atoms with Crippen molar-refractivity contribution in [1.82, 2.24) is 9.66 Å². The first kappa shape index (κ1) is 22.0. The lowest BCUT2D eigenvalue weighted by Gasteiger charge is -2.13. The minimum absolute atomic E-state index is 0.291. The molecule has 9 heteroatoms. The number of benzene rings is 2. The van der Waals surface area contributed by atoms with Crippen molar-refractivity contribution in [3.8, 4) is 5.75 Å². The highest BCUT2D eigenvalue weighted by molar-refractivity contribution is 9.10. The summed E-state index contributed by atoms with van der Waals surface area (Å²) in [5.74, 6) is -0.282. The average molecular weight is 493 g/mol. The number of fused-ring (bicyclic) bond motifs is 1. The highest BCUT2D eigenvalue weighted by Gasteiger charge is 2.15. The monoisotopic (exact) mass is 491 g/mol. The fraction of sp³-hybridized carbons (Fsp3) is 0.238. The number of aromatic nitrogens is 2. The van der Waals surface area contributed by atoms with Crippen molar-refractivity contribution in [2.45, 2.75) is 32.8 Å². The molecular weight excluding hydrogens is 474 g/mol. The molecule has 0 unspecified atom stereocenters. The van der Waals surface area contributed by atoms with E-state index < -0.39 is 12.1 Å². The molecule has 0 aliphatic heterocycles. The number of carbonyl (C=O) groups is 1. The number of hydrogen-bond donors (Lipinski definition) is 1. The van der Waals surface area contributed by atoms with E-state index in [0.717, 1.165) is 10.9 Å². The second-order valence-electron chi connectivity index (χ2n) is 6.58. The van der Waals surface area contributed by atoms with Gasteiger partial charge >= 0.3 is 5.97 Å². The summed E-state index contributed by atoms with van der Waals surface area (Å²) >= 11 is 9.46. The third kappa shape index (κ3) is 4.88. The number of hydrogen-bond acceptors (Lipinski definition) is 5. The van der Waals surface area contributed by atoms with Gasteiger partial charge in [0.15, 0.2) is 6.10 Å². The van der Waals surface area contributed by atoms with E-state index in [1.165, 1.54) is 17.8 Å². The van der Waals surface area contributed by atoms with Crippen LogP contribution in [0.4, 0.5) is 0 Å². The van der Waals surface area contributed by atoms with Gasteiger partial charge in [-0.2, -0.15) is 9.78 Å². The molecule has 1 heterocycles. The molecule has 0 saturated carbocycles. The van der Waals surface area contributed by atoms with Gasteiger partial charge in [0.1, 0.15) is 11.6 Å². The van der Waals surface area contributed by atoms with Gasteiger partial charge in [0.05, 0.1) is 17.1 Å². The first-order valence-electron chi connectivity index (χ1n) is 9.24. The molecule has 30 heavy (non-hydrogen) atoms. The van der Waals surface area contributed by atoms with Crippen LogP contribution in [-0.4, -0.2) is 33.1 Å². The Morgan fingerprint density at radius 3 is 2.83 bits per heavy atom. The van der Waals surface area contributed by atoms with Crippen molar-refractivity contribution in [3.05, 3.63) is 67.6 Å². The van der Waals surface area contributed by atoms with Crippen LogP contribution in [0.5, 0.6) is 5.75 Å². The predicted molar refractivity (Wildman–Crippen MR) is 120 cm³/mol. The molecule has 0 spiro atoms. The minimum atomic E-state index is -1.10. The zero-order valence-corrected chi connectivity index (χ0v) is 18.6. The van der Waals surface area contributed by atoms with E-state index in [9.17, 15) is 9.59 Å². The predicted octanol–water partition coefficient (Wildman–Crippen LogP) is 4.50. The Hall–Kier alpha value is -2.71. The highest BCUT2D eigenvalue weighted by Crippen LogP contribution is 2.23. The molecule has 156 valence electrons. The van der Waals surface area contributed by atoms with E-state index in [2.05, 4.69) is 26.0 Å². The van der Waals surface area contributed by atoms with Crippen LogP contribution in [0, 0.1) is 0 Å². The van der Waals surface area contributed by atoms with Crippen LogP contribution in [0.15, 0.2) is 50.8 Å². The molecule has 0 radical (unpaired) electrons. The zero-order chi connectivity index (χ0) is 21.8. The Morgan fingerprint density at radius 2 is 2.13 bits per heavy atom. The minimum Gasteiger partial charge on any atom is -0.479 e. The molecule has 1 aromatic heterocycles. The van der Waals surface area contributed by atoms with Gasteiger partial charge in [-0.3, -0.25) is 4.79 Å². The number of rotatable bonds is 7. The second-order valence-corrected chi connectivity index (χ2v) is 7.93. The summed E-state index contributed by atoms with van der Waals surface area (Å²) in [5, 5.41) is 14.3. The first-order chi connectivity index (χ1) is 14.3. The molecule has 0 aliphatic carbocycles. The number of ether oxygens (including phenoxy) is 1. The molecule has 0 aliphatic rings. The number of nitrogens with zero attached hydrogens (tertiary/aromatic N) is 3. The SMILES string of the molecule is CCCc1nc2ccc(Br)cc2c(=O)n1N=Cc1cc(Cl)ccc1O[C@H](C)C(=O)O. The third-order valence-electron chi connectivity index (χ3n) is 4.28. The van der Waals surface area contributed by atoms with Gasteiger partial charge in [0.25, 0.3) is 5.56 Å². The van der Waals surface area contributed by atoms with E-state index in [0.29, 0.717) is 39.5 Å². The number of halogens is 2. The van der Waals surface area contributed by atoms with Gasteiger partial charge in [0, 0.05) is 21.5 Å². The number of carboxylic acid groups (broad SMARTS) is 1. The molecule has 0 amide bonds. The Labute approximate surface area is 186 Å². The maximum absolute atomic E-state index is 13.1. The van der Waals surface area contributed by atoms with Crippen molar-refractivity contribution in [2.24, 2.45) is 5.10 Å². The van der Waals surface area contributed by atoms with E-state index in [1.807, 2.05) is 13.0 Å². The molecule has 7 nitrogen and oxygen atoms in total. The summed E-state index contributed by atoms with van der Waals surface area (Å²) in [6.07, 6.45) is 1.71. The summed E-state index contributed by atoms with van der Waals surface area (Å²) in [6, 6.07) is 10.1. The summed E-state index contributed by atoms with van der Waals surface area (Å²) in [7, 11) is 0. The molecule has 3 aromatic rings. The standard InChI is InChI=1S/C21H19BrClN3O4/c1-3-4-19-25-17-7-5-14(22)10-16(17)20(27)26(19)24-11-13-9-15(23)6-8-18(13)30-12(2)21(28)29/h5-12H,3-4H2,1-2H3,(H,28,29)/t12-/m1/s1. The maximum Gasteiger partial charge on any atom is 0.344 e. The lowest BCUT2D eigenvalue weighted by molar-refractivity contribution is -0.144. The lowest BCUT2D eigenvalue weighted by Crippen LogP contribution is -2.24. The number of aryl methyl sites for hydroxylation is 1. The molecular formula is C21H19BrClN3O4. The maximum atomic E-state index is 13.1. The Bertz CT molecular complexity index is 1190. The van der Waals surface area contributed by atoms with Crippen molar-refractivity contribution < 1.29 is 14.6 Å². The number of aliphatic carboxylic acids is 1. The average Bonchev–Trinajstić information content (AvgIpc) is 2.70. The second kappa shape index (κ2) is 9.40. The van der Waals surface area contributed by atoms with Crippen LogP contribution in [-0.2, 0) is 11.2 Å². The van der Waals surface area contributed by atoms with Gasteiger partial charge in [0.2, 0.25) is 0 Å². The van der Waals surface area contributed by atoms with Gasteiger partial charge in [-0.1, -0.05) is 34.5 Å². The quantitative estimate of drug-likeness (QED) is 0.490. The largest absolute Gasteiger partial charge is 0.479 e. The van der Waals surface area contributed by atoms with Crippen molar-refractivity contribution in [3.63, 3.8) is 0 Å². The molecule has 3 rings (SSSR count). The number of carboxylic acids is 1. The smallest absolute Gasteiger partial charge is 0.344 e. The Kier molecular flexibility index (Phi) is 6.89. The zero-order valence-electron chi connectivity index (χ0n) is 16.3. The van der Waals surface area contributed by atoms with Gasteiger partial charge in [-0.25, -0.2) is 9.78 Å². The van der Waals surface area contributed by atoms with Crippen LogP contribution in [0.1, 0.15) is 31.7 Å². The third-order valence-corrected chi connectivity index (χ3v) is 5.01. The topological polar surface area (TPSA) is 93.8 Å². The lowest BCUT2D eigenvalue weighted by atomic mass is 10.2. The van der Waals surface area contributed by atoms with Crippen LogP contribution in [0.2, 0.25) is 5.02 Å². The first-order valence-corrected chi connectivity index (χ1v) is 10.4.